The lowest BCUT2D eigenvalue weighted by Crippen LogP contribution is -2.36. The molecule has 0 bridgehead atoms. The Kier molecular flexibility index (Phi) is 2.37. The molecule has 2 aliphatic heterocycles. The van der Waals surface area contributed by atoms with E-state index in [-0.39, 0.29) is 6.10 Å². The van der Waals surface area contributed by atoms with E-state index in [0.29, 0.717) is 6.04 Å². The van der Waals surface area contributed by atoms with Gasteiger partial charge in [-0.25, -0.2) is 0 Å². The minimum absolute atomic E-state index is 0.284. The molecular formula is C8H13BrN2O. The third-order valence-electron chi connectivity index (χ3n) is 2.66. The molecule has 0 spiro atoms. The van der Waals surface area contributed by atoms with Crippen molar-refractivity contribution in [3.8, 4) is 0 Å². The van der Waals surface area contributed by atoms with Crippen molar-refractivity contribution in [2.45, 2.75) is 31.4 Å². The molecule has 2 rings (SSSR count). The molecule has 12 heavy (non-hydrogen) atoms. The van der Waals surface area contributed by atoms with E-state index in [2.05, 4.69) is 33.0 Å². The molecule has 0 N–H and O–H groups in total. The van der Waals surface area contributed by atoms with Crippen LogP contribution in [0, 0.1) is 0 Å². The van der Waals surface area contributed by atoms with Gasteiger partial charge in [0.25, 0.3) is 0 Å². The van der Waals surface area contributed by atoms with Crippen LogP contribution in [-0.4, -0.2) is 35.3 Å². The maximum Gasteiger partial charge on any atom is 0.149 e. The molecule has 0 aliphatic carbocycles. The van der Waals surface area contributed by atoms with Crippen LogP contribution in [0.4, 0.5) is 0 Å². The van der Waals surface area contributed by atoms with Crippen LogP contribution in [0.3, 0.4) is 0 Å². The predicted octanol–water partition coefficient (Wildman–Crippen LogP) is 1.58. The van der Waals surface area contributed by atoms with E-state index in [0.717, 1.165) is 11.0 Å². The van der Waals surface area contributed by atoms with Gasteiger partial charge in [-0.15, -0.1) is 0 Å². The third-order valence-corrected chi connectivity index (χ3v) is 3.13. The highest BCUT2D eigenvalue weighted by Gasteiger charge is 2.34. The highest BCUT2D eigenvalue weighted by atomic mass is 79.9. The minimum atomic E-state index is 0.284. The van der Waals surface area contributed by atoms with Crippen LogP contribution >= 0.6 is 15.9 Å². The fraction of sp³-hybridized carbons (Fsp3) is 0.875. The van der Waals surface area contributed by atoms with Crippen molar-refractivity contribution in [1.82, 2.24) is 4.90 Å². The number of hydrogen-bond donors (Lipinski definition) is 0. The van der Waals surface area contributed by atoms with Crippen molar-refractivity contribution < 1.29 is 4.84 Å². The SMILES string of the molecule is CN1CCC[C@H]1[C@H]1CC(Br)=NO1. The molecule has 0 aromatic carbocycles. The Morgan fingerprint density at radius 2 is 2.50 bits per heavy atom. The summed E-state index contributed by atoms with van der Waals surface area (Å²) in [7, 11) is 2.16. The van der Waals surface area contributed by atoms with E-state index in [4.69, 9.17) is 4.84 Å². The number of halogens is 1. The van der Waals surface area contributed by atoms with Crippen LogP contribution in [0.5, 0.6) is 0 Å². The average molecular weight is 233 g/mol. The van der Waals surface area contributed by atoms with Crippen LogP contribution in [-0.2, 0) is 4.84 Å². The maximum atomic E-state index is 5.32. The van der Waals surface area contributed by atoms with Gasteiger partial charge in [0.2, 0.25) is 0 Å². The van der Waals surface area contributed by atoms with E-state index in [1.54, 1.807) is 0 Å². The van der Waals surface area contributed by atoms with Crippen molar-refractivity contribution in [2.24, 2.45) is 5.16 Å². The molecule has 68 valence electrons. The second-order valence-corrected chi connectivity index (χ2v) is 4.42. The van der Waals surface area contributed by atoms with Gasteiger partial charge in [-0.1, -0.05) is 5.16 Å². The molecule has 1 saturated heterocycles. The van der Waals surface area contributed by atoms with Crippen LogP contribution in [0.2, 0.25) is 0 Å². The monoisotopic (exact) mass is 232 g/mol. The Morgan fingerprint density at radius 3 is 3.00 bits per heavy atom. The van der Waals surface area contributed by atoms with E-state index in [9.17, 15) is 0 Å². The molecule has 2 aliphatic rings. The smallest absolute Gasteiger partial charge is 0.149 e. The van der Waals surface area contributed by atoms with Gasteiger partial charge < -0.3 is 4.84 Å². The van der Waals surface area contributed by atoms with E-state index in [1.165, 1.54) is 19.4 Å². The number of likely N-dealkylation sites (tertiary alicyclic amines) is 1. The number of hydrogen-bond acceptors (Lipinski definition) is 3. The lowest BCUT2D eigenvalue weighted by molar-refractivity contribution is 0.0299. The highest BCUT2D eigenvalue weighted by Crippen LogP contribution is 2.26. The van der Waals surface area contributed by atoms with Crippen molar-refractivity contribution in [3.05, 3.63) is 0 Å². The molecule has 0 unspecified atom stereocenters. The quantitative estimate of drug-likeness (QED) is 0.686. The largest absolute Gasteiger partial charge is 0.390 e. The van der Waals surface area contributed by atoms with E-state index >= 15 is 0 Å². The van der Waals surface area contributed by atoms with Gasteiger partial charge in [0.1, 0.15) is 10.7 Å². The van der Waals surface area contributed by atoms with Gasteiger partial charge in [-0.3, -0.25) is 4.90 Å². The summed E-state index contributed by atoms with van der Waals surface area (Å²) in [6, 6.07) is 0.573. The molecule has 0 saturated carbocycles. The van der Waals surface area contributed by atoms with Gasteiger partial charge in [0.05, 0.1) is 0 Å². The molecule has 0 amide bonds. The zero-order valence-corrected chi connectivity index (χ0v) is 8.75. The summed E-state index contributed by atoms with van der Waals surface area (Å²) in [5, 5.41) is 3.90. The summed E-state index contributed by atoms with van der Waals surface area (Å²) >= 11 is 3.35. The Hall–Kier alpha value is -0.0900. The number of nitrogens with zero attached hydrogens (tertiary/aromatic N) is 2. The second kappa shape index (κ2) is 3.34. The standard InChI is InChI=1S/C8H13BrN2O/c1-11-4-2-3-6(11)7-5-8(9)10-12-7/h6-7H,2-5H2,1H3/t6-,7+/m0/s1. The first-order valence-corrected chi connectivity index (χ1v) is 5.15. The first-order valence-electron chi connectivity index (χ1n) is 4.36. The van der Waals surface area contributed by atoms with Gasteiger partial charge in [-0.05, 0) is 42.4 Å². The average Bonchev–Trinajstić information content (AvgIpc) is 2.58. The van der Waals surface area contributed by atoms with Crippen LogP contribution in [0.25, 0.3) is 0 Å². The summed E-state index contributed by atoms with van der Waals surface area (Å²) < 4.78 is 0.952. The molecule has 0 aromatic rings. The van der Waals surface area contributed by atoms with Crippen molar-refractivity contribution in [1.29, 1.82) is 0 Å². The Balaban J connectivity index is 1.93. The van der Waals surface area contributed by atoms with Gasteiger partial charge in [0.15, 0.2) is 0 Å². The third kappa shape index (κ3) is 1.50. The summed E-state index contributed by atoms with van der Waals surface area (Å²) in [6.07, 6.45) is 3.76. The first-order chi connectivity index (χ1) is 5.77. The predicted molar refractivity (Wildman–Crippen MR) is 51.5 cm³/mol. The number of likely N-dealkylation sites (N-methyl/N-ethyl adjacent to an activating group) is 1. The Labute approximate surface area is 80.9 Å². The molecule has 1 fully saturated rings. The van der Waals surface area contributed by atoms with Crippen LogP contribution in [0.15, 0.2) is 5.16 Å². The van der Waals surface area contributed by atoms with Crippen molar-refractivity contribution in [2.75, 3.05) is 13.6 Å². The first kappa shape index (κ1) is 8.51. The molecule has 2 heterocycles. The Morgan fingerprint density at radius 1 is 1.67 bits per heavy atom. The zero-order valence-electron chi connectivity index (χ0n) is 7.16. The summed E-state index contributed by atoms with van der Waals surface area (Å²) in [5.41, 5.74) is 0. The second-order valence-electron chi connectivity index (χ2n) is 3.51. The van der Waals surface area contributed by atoms with Crippen molar-refractivity contribution in [3.63, 3.8) is 0 Å². The maximum absolute atomic E-state index is 5.32. The lowest BCUT2D eigenvalue weighted by atomic mass is 10.1. The van der Waals surface area contributed by atoms with Crippen LogP contribution in [0.1, 0.15) is 19.3 Å². The molecule has 0 radical (unpaired) electrons. The van der Waals surface area contributed by atoms with Crippen LogP contribution < -0.4 is 0 Å². The molecule has 4 heteroatoms. The van der Waals surface area contributed by atoms with Gasteiger partial charge >= 0.3 is 0 Å². The normalized spacial score (nSPS) is 36.7. The van der Waals surface area contributed by atoms with E-state index in [1.807, 2.05) is 0 Å². The minimum Gasteiger partial charge on any atom is -0.390 e. The summed E-state index contributed by atoms with van der Waals surface area (Å²) in [5.74, 6) is 0. The highest BCUT2D eigenvalue weighted by molar-refractivity contribution is 9.18. The zero-order chi connectivity index (χ0) is 8.55. The van der Waals surface area contributed by atoms with Gasteiger partial charge in [0, 0.05) is 12.5 Å². The van der Waals surface area contributed by atoms with Crippen molar-refractivity contribution >= 4 is 20.6 Å². The fourth-order valence-electron chi connectivity index (χ4n) is 1.98. The fourth-order valence-corrected chi connectivity index (χ4v) is 2.38. The van der Waals surface area contributed by atoms with E-state index < -0.39 is 0 Å². The molecule has 2 atom stereocenters. The molecule has 3 nitrogen and oxygen atoms in total. The number of rotatable bonds is 1. The topological polar surface area (TPSA) is 24.8 Å². The Bertz CT molecular complexity index is 207. The number of oxime groups is 1. The molecule has 0 aromatic heterocycles. The molecular weight excluding hydrogens is 220 g/mol. The lowest BCUT2D eigenvalue weighted by Gasteiger charge is -2.23. The van der Waals surface area contributed by atoms with Gasteiger partial charge in [-0.2, -0.15) is 0 Å². The summed E-state index contributed by atoms with van der Waals surface area (Å²) in [6.45, 7) is 1.20. The summed E-state index contributed by atoms with van der Waals surface area (Å²) in [4.78, 5) is 7.69.